The van der Waals surface area contributed by atoms with E-state index in [1.807, 2.05) is 29.2 Å². The first-order valence-corrected chi connectivity index (χ1v) is 7.13. The molecule has 0 amide bonds. The van der Waals surface area contributed by atoms with E-state index in [4.69, 9.17) is 10.2 Å². The first-order valence-electron chi connectivity index (χ1n) is 7.13. The van der Waals surface area contributed by atoms with Gasteiger partial charge < -0.3 is 25.3 Å². The molecule has 4 N–H and O–H groups in total. The van der Waals surface area contributed by atoms with Gasteiger partial charge in [0, 0.05) is 30.0 Å². The van der Waals surface area contributed by atoms with Crippen molar-refractivity contribution >= 4 is 11.4 Å². The van der Waals surface area contributed by atoms with Gasteiger partial charge in [-0.25, -0.2) is 0 Å². The van der Waals surface area contributed by atoms with Crippen molar-refractivity contribution in [1.29, 1.82) is 0 Å². The second-order valence-electron chi connectivity index (χ2n) is 4.88. The summed E-state index contributed by atoms with van der Waals surface area (Å²) in [7, 11) is 0. The van der Waals surface area contributed by atoms with Crippen LogP contribution in [0.2, 0.25) is 0 Å². The number of nitrogen functional groups attached to an aromatic ring is 1. The molecule has 0 unspecified atom stereocenters. The molecule has 0 saturated heterocycles. The second-order valence-corrected chi connectivity index (χ2v) is 4.88. The molecule has 1 aromatic carbocycles. The Kier molecular flexibility index (Phi) is 5.25. The van der Waals surface area contributed by atoms with Gasteiger partial charge in [0.15, 0.2) is 0 Å². The number of nitrogens with two attached hydrogens (primary N) is 1. The number of rotatable bonds is 7. The van der Waals surface area contributed by atoms with Crippen molar-refractivity contribution < 1.29 is 14.6 Å². The number of anilines is 2. The molecule has 0 radical (unpaired) electrons. The highest BCUT2D eigenvalue weighted by atomic mass is 16.3. The molecule has 2 rings (SSSR count). The molecular weight excluding hydrogens is 268 g/mol. The van der Waals surface area contributed by atoms with Gasteiger partial charge in [0.05, 0.1) is 19.5 Å². The van der Waals surface area contributed by atoms with Gasteiger partial charge in [-0.3, -0.25) is 0 Å². The molecule has 0 spiro atoms. The number of hydrogen-bond donors (Lipinski definition) is 3. The fraction of sp³-hybridized carbons (Fsp3) is 0.375. The van der Waals surface area contributed by atoms with E-state index in [0.29, 0.717) is 18.8 Å². The first kappa shape index (κ1) is 15.4. The quantitative estimate of drug-likeness (QED) is 0.678. The summed E-state index contributed by atoms with van der Waals surface area (Å²) in [6.07, 6.45) is 2.64. The molecular formula is C16H22N2O3. The highest BCUT2D eigenvalue weighted by Gasteiger charge is 2.15. The third-order valence-corrected chi connectivity index (χ3v) is 3.43. The maximum Gasteiger partial charge on any atom is 0.136 e. The number of nitrogens with zero attached hydrogens (tertiary/aromatic N) is 1. The number of benzene rings is 1. The molecule has 0 aliphatic rings. The molecule has 114 valence electrons. The van der Waals surface area contributed by atoms with Gasteiger partial charge in [-0.1, -0.05) is 6.92 Å². The molecule has 0 atom stereocenters. The highest BCUT2D eigenvalue weighted by molar-refractivity contribution is 5.79. The third kappa shape index (κ3) is 3.56. The average Bonchev–Trinajstić information content (AvgIpc) is 2.96. The predicted octanol–water partition coefficient (Wildman–Crippen LogP) is 1.88. The summed E-state index contributed by atoms with van der Waals surface area (Å²) in [6.45, 7) is 2.99. The summed E-state index contributed by atoms with van der Waals surface area (Å²) < 4.78 is 5.64. The lowest BCUT2D eigenvalue weighted by molar-refractivity contribution is 0.281. The average molecular weight is 290 g/mol. The summed E-state index contributed by atoms with van der Waals surface area (Å²) in [5.74, 6) is 0.745. The number of aliphatic hydroxyl groups excluding tert-OH is 2. The molecule has 0 fully saturated rings. The summed E-state index contributed by atoms with van der Waals surface area (Å²) in [5.41, 5.74) is 9.43. The smallest absolute Gasteiger partial charge is 0.136 e. The van der Waals surface area contributed by atoms with Crippen LogP contribution in [0.3, 0.4) is 0 Å². The van der Waals surface area contributed by atoms with Crippen LogP contribution in [0.5, 0.6) is 0 Å². The fourth-order valence-corrected chi connectivity index (χ4v) is 2.32. The fourth-order valence-electron chi connectivity index (χ4n) is 2.32. The lowest BCUT2D eigenvalue weighted by Gasteiger charge is -2.25. The molecule has 2 aromatic rings. The van der Waals surface area contributed by atoms with Crippen molar-refractivity contribution in [2.75, 3.05) is 36.9 Å². The molecule has 21 heavy (non-hydrogen) atoms. The van der Waals surface area contributed by atoms with Gasteiger partial charge in [-0.15, -0.1) is 0 Å². The van der Waals surface area contributed by atoms with Crippen LogP contribution in [-0.4, -0.2) is 36.5 Å². The van der Waals surface area contributed by atoms with Crippen LogP contribution in [0.1, 0.15) is 12.5 Å². The third-order valence-electron chi connectivity index (χ3n) is 3.43. The Balaban J connectivity index is 2.45. The van der Waals surface area contributed by atoms with Crippen LogP contribution >= 0.6 is 0 Å². The van der Waals surface area contributed by atoms with Gasteiger partial charge in [0.1, 0.15) is 5.76 Å². The van der Waals surface area contributed by atoms with E-state index < -0.39 is 0 Å². The molecule has 5 nitrogen and oxygen atoms in total. The van der Waals surface area contributed by atoms with Crippen molar-refractivity contribution in [2.45, 2.75) is 13.3 Å². The molecule has 0 aliphatic heterocycles. The van der Waals surface area contributed by atoms with Crippen LogP contribution in [0.4, 0.5) is 11.4 Å². The van der Waals surface area contributed by atoms with Crippen LogP contribution < -0.4 is 10.6 Å². The second kappa shape index (κ2) is 7.15. The first-order chi connectivity index (χ1) is 10.2. The van der Waals surface area contributed by atoms with E-state index in [-0.39, 0.29) is 13.2 Å². The number of furan rings is 1. The number of aryl methyl sites for hydroxylation is 1. The molecule has 0 bridgehead atoms. The van der Waals surface area contributed by atoms with Gasteiger partial charge >= 0.3 is 0 Å². The Morgan fingerprint density at radius 3 is 2.43 bits per heavy atom. The minimum atomic E-state index is 0.0161. The van der Waals surface area contributed by atoms with Gasteiger partial charge in [0.25, 0.3) is 0 Å². The van der Waals surface area contributed by atoms with Crippen molar-refractivity contribution in [1.82, 2.24) is 0 Å². The van der Waals surface area contributed by atoms with E-state index in [1.54, 1.807) is 6.26 Å². The standard InChI is InChI=1S/C16H22N2O3/c1-2-12-9-16(21-11-12)14-10-13(17)3-4-15(14)18(5-7-19)6-8-20/h3-4,9-11,19-20H,2,5-8,17H2,1H3. The van der Waals surface area contributed by atoms with Crippen molar-refractivity contribution in [3.63, 3.8) is 0 Å². The topological polar surface area (TPSA) is 82.9 Å². The van der Waals surface area contributed by atoms with Gasteiger partial charge in [-0.05, 0) is 36.2 Å². The summed E-state index contributed by atoms with van der Waals surface area (Å²) >= 11 is 0. The monoisotopic (exact) mass is 290 g/mol. The SMILES string of the molecule is CCc1coc(-c2cc(N)ccc2N(CCO)CCO)c1. The van der Waals surface area contributed by atoms with Crippen LogP contribution in [0.15, 0.2) is 34.9 Å². The summed E-state index contributed by atoms with van der Waals surface area (Å²) in [6, 6.07) is 7.55. The number of aliphatic hydroxyl groups is 2. The van der Waals surface area contributed by atoms with Crippen molar-refractivity contribution in [2.24, 2.45) is 0 Å². The molecule has 5 heteroatoms. The largest absolute Gasteiger partial charge is 0.464 e. The minimum Gasteiger partial charge on any atom is -0.464 e. The maximum absolute atomic E-state index is 9.21. The Hall–Kier alpha value is -1.98. The summed E-state index contributed by atoms with van der Waals surface area (Å²) in [4.78, 5) is 1.92. The Bertz CT molecular complexity index is 575. The summed E-state index contributed by atoms with van der Waals surface area (Å²) in [5, 5.41) is 18.4. The Labute approximate surface area is 124 Å². The van der Waals surface area contributed by atoms with Crippen LogP contribution in [-0.2, 0) is 6.42 Å². The van der Waals surface area contributed by atoms with Crippen LogP contribution in [0.25, 0.3) is 11.3 Å². The van der Waals surface area contributed by atoms with Crippen molar-refractivity contribution in [3.8, 4) is 11.3 Å². The van der Waals surface area contributed by atoms with E-state index in [0.717, 1.165) is 29.0 Å². The molecule has 1 heterocycles. The zero-order valence-corrected chi connectivity index (χ0v) is 12.2. The lowest BCUT2D eigenvalue weighted by Crippen LogP contribution is -2.30. The zero-order chi connectivity index (χ0) is 15.2. The van der Waals surface area contributed by atoms with E-state index in [9.17, 15) is 10.2 Å². The van der Waals surface area contributed by atoms with Gasteiger partial charge in [0.2, 0.25) is 0 Å². The van der Waals surface area contributed by atoms with Gasteiger partial charge in [-0.2, -0.15) is 0 Å². The van der Waals surface area contributed by atoms with E-state index in [2.05, 4.69) is 6.92 Å². The lowest BCUT2D eigenvalue weighted by atomic mass is 10.1. The van der Waals surface area contributed by atoms with E-state index >= 15 is 0 Å². The Morgan fingerprint density at radius 1 is 1.14 bits per heavy atom. The normalized spacial score (nSPS) is 10.8. The maximum atomic E-state index is 9.21. The van der Waals surface area contributed by atoms with Crippen LogP contribution in [0, 0.1) is 0 Å². The number of hydrogen-bond acceptors (Lipinski definition) is 5. The minimum absolute atomic E-state index is 0.0161. The van der Waals surface area contributed by atoms with Crippen molar-refractivity contribution in [3.05, 3.63) is 36.1 Å². The Morgan fingerprint density at radius 2 is 1.86 bits per heavy atom. The highest BCUT2D eigenvalue weighted by Crippen LogP contribution is 2.34. The van der Waals surface area contributed by atoms with E-state index in [1.165, 1.54) is 0 Å². The molecule has 0 saturated carbocycles. The molecule has 0 aliphatic carbocycles. The predicted molar refractivity (Wildman–Crippen MR) is 84.3 cm³/mol. The zero-order valence-electron chi connectivity index (χ0n) is 12.2. The molecule has 1 aromatic heterocycles.